The van der Waals surface area contributed by atoms with Crippen LogP contribution < -0.4 is 11.1 Å². The lowest BCUT2D eigenvalue weighted by Crippen LogP contribution is -2.49. The molecule has 2 saturated heterocycles. The summed E-state index contributed by atoms with van der Waals surface area (Å²) in [5, 5.41) is 2.94. The highest BCUT2D eigenvalue weighted by Gasteiger charge is 2.26. The van der Waals surface area contributed by atoms with Crippen LogP contribution in [0.1, 0.15) is 12.8 Å². The molecular formula is C13H27Cl2N3O3. The second-order valence-electron chi connectivity index (χ2n) is 5.22. The van der Waals surface area contributed by atoms with E-state index in [1.807, 2.05) is 0 Å². The van der Waals surface area contributed by atoms with Crippen LogP contribution in [0.15, 0.2) is 0 Å². The van der Waals surface area contributed by atoms with Crippen molar-refractivity contribution in [1.29, 1.82) is 0 Å². The first-order valence-electron chi connectivity index (χ1n) is 7.18. The number of morpholine rings is 1. The molecule has 1 atom stereocenters. The average molecular weight is 344 g/mol. The van der Waals surface area contributed by atoms with Crippen LogP contribution in [-0.4, -0.2) is 69.5 Å². The van der Waals surface area contributed by atoms with Crippen LogP contribution in [-0.2, 0) is 14.3 Å². The van der Waals surface area contributed by atoms with E-state index >= 15 is 0 Å². The van der Waals surface area contributed by atoms with E-state index in [0.717, 1.165) is 58.9 Å². The number of rotatable bonds is 5. The van der Waals surface area contributed by atoms with Crippen LogP contribution in [0.2, 0.25) is 0 Å². The summed E-state index contributed by atoms with van der Waals surface area (Å²) in [5.41, 5.74) is 6.01. The van der Waals surface area contributed by atoms with Crippen molar-refractivity contribution in [3.63, 3.8) is 0 Å². The molecule has 3 N–H and O–H groups in total. The maximum Gasteiger partial charge on any atom is 0.237 e. The minimum Gasteiger partial charge on any atom is -0.381 e. The van der Waals surface area contributed by atoms with E-state index < -0.39 is 6.04 Å². The molecule has 2 heterocycles. The summed E-state index contributed by atoms with van der Waals surface area (Å²) in [6.45, 7) is 6.44. The minimum atomic E-state index is -0.395. The van der Waals surface area contributed by atoms with Crippen LogP contribution in [0.4, 0.5) is 0 Å². The molecular weight excluding hydrogens is 317 g/mol. The van der Waals surface area contributed by atoms with E-state index in [4.69, 9.17) is 15.2 Å². The van der Waals surface area contributed by atoms with Crippen LogP contribution in [0.3, 0.4) is 0 Å². The van der Waals surface area contributed by atoms with E-state index in [2.05, 4.69) is 10.2 Å². The molecule has 2 aliphatic heterocycles. The zero-order chi connectivity index (χ0) is 13.5. The van der Waals surface area contributed by atoms with Gasteiger partial charge in [0.25, 0.3) is 0 Å². The fourth-order valence-electron chi connectivity index (χ4n) is 2.57. The molecule has 8 heteroatoms. The summed E-state index contributed by atoms with van der Waals surface area (Å²) < 4.78 is 10.6. The normalized spacial score (nSPS) is 21.8. The molecule has 0 aliphatic carbocycles. The van der Waals surface area contributed by atoms with Crippen LogP contribution in [0.5, 0.6) is 0 Å². The van der Waals surface area contributed by atoms with E-state index in [-0.39, 0.29) is 36.6 Å². The average Bonchev–Trinajstić information content (AvgIpc) is 2.48. The number of carbonyl (C=O) groups excluding carboxylic acids is 1. The number of nitrogens with zero attached hydrogens (tertiary/aromatic N) is 1. The topological polar surface area (TPSA) is 76.8 Å². The first-order chi connectivity index (χ1) is 9.27. The number of nitrogens with two attached hydrogens (primary N) is 1. The molecule has 21 heavy (non-hydrogen) atoms. The summed E-state index contributed by atoms with van der Waals surface area (Å²) in [6, 6.07) is -0.395. The Labute approximate surface area is 138 Å². The molecule has 0 radical (unpaired) electrons. The van der Waals surface area contributed by atoms with Gasteiger partial charge in [-0.05, 0) is 18.8 Å². The fourth-order valence-corrected chi connectivity index (χ4v) is 2.57. The van der Waals surface area contributed by atoms with Gasteiger partial charge in [0.2, 0.25) is 5.91 Å². The van der Waals surface area contributed by atoms with Gasteiger partial charge in [0.05, 0.1) is 19.3 Å². The van der Waals surface area contributed by atoms with Gasteiger partial charge in [0.1, 0.15) is 0 Å². The second kappa shape index (κ2) is 11.5. The quantitative estimate of drug-likeness (QED) is 0.736. The predicted molar refractivity (Wildman–Crippen MR) is 86.3 cm³/mol. The van der Waals surface area contributed by atoms with Crippen LogP contribution in [0.25, 0.3) is 0 Å². The third-order valence-electron chi connectivity index (χ3n) is 3.91. The Balaban J connectivity index is 0.00000200. The second-order valence-corrected chi connectivity index (χ2v) is 5.22. The molecule has 0 aromatic heterocycles. The first kappa shape index (κ1) is 20.9. The highest BCUT2D eigenvalue weighted by atomic mass is 35.5. The van der Waals surface area contributed by atoms with Crippen molar-refractivity contribution < 1.29 is 14.3 Å². The summed E-state index contributed by atoms with van der Waals surface area (Å²) in [7, 11) is 0. The molecule has 0 aromatic carbocycles. The van der Waals surface area contributed by atoms with E-state index in [9.17, 15) is 4.79 Å². The van der Waals surface area contributed by atoms with Crippen molar-refractivity contribution >= 4 is 30.7 Å². The largest absolute Gasteiger partial charge is 0.381 e. The number of carbonyl (C=O) groups is 1. The highest BCUT2D eigenvalue weighted by molar-refractivity contribution is 5.85. The molecule has 0 aromatic rings. The Hall–Kier alpha value is -0.110. The number of hydrogen-bond acceptors (Lipinski definition) is 5. The van der Waals surface area contributed by atoms with Gasteiger partial charge in [-0.25, -0.2) is 0 Å². The van der Waals surface area contributed by atoms with Crippen molar-refractivity contribution in [1.82, 2.24) is 10.2 Å². The highest BCUT2D eigenvalue weighted by Crippen LogP contribution is 2.17. The van der Waals surface area contributed by atoms with Gasteiger partial charge < -0.3 is 20.5 Å². The zero-order valence-electron chi connectivity index (χ0n) is 12.3. The fraction of sp³-hybridized carbons (Fsp3) is 0.923. The number of amides is 1. The Morgan fingerprint density at radius 2 is 1.71 bits per heavy atom. The molecule has 2 fully saturated rings. The standard InChI is InChI=1S/C13H25N3O3.2ClH/c14-12(11-1-7-18-8-2-11)13(17)15-3-4-16-5-9-19-10-6-16;;/h11-12H,1-10,14H2,(H,15,17);2*1H. The molecule has 126 valence electrons. The predicted octanol–water partition coefficient (Wildman–Crippen LogP) is 0.0323. The Morgan fingerprint density at radius 3 is 2.33 bits per heavy atom. The van der Waals surface area contributed by atoms with Crippen molar-refractivity contribution in [3.8, 4) is 0 Å². The van der Waals surface area contributed by atoms with Gasteiger partial charge in [-0.2, -0.15) is 0 Å². The summed E-state index contributed by atoms with van der Waals surface area (Å²) in [4.78, 5) is 14.3. The van der Waals surface area contributed by atoms with Gasteiger partial charge in [-0.15, -0.1) is 24.8 Å². The molecule has 2 rings (SSSR count). The number of ether oxygens (including phenoxy) is 2. The minimum absolute atomic E-state index is 0. The van der Waals surface area contributed by atoms with Crippen LogP contribution in [0, 0.1) is 5.92 Å². The van der Waals surface area contributed by atoms with E-state index in [1.165, 1.54) is 0 Å². The molecule has 2 aliphatic rings. The maximum absolute atomic E-state index is 12.0. The molecule has 1 unspecified atom stereocenters. The molecule has 0 bridgehead atoms. The monoisotopic (exact) mass is 343 g/mol. The molecule has 0 saturated carbocycles. The Kier molecular flexibility index (Phi) is 11.4. The van der Waals surface area contributed by atoms with E-state index in [1.54, 1.807) is 0 Å². The zero-order valence-corrected chi connectivity index (χ0v) is 13.9. The Morgan fingerprint density at radius 1 is 1.14 bits per heavy atom. The Bertz CT molecular complexity index is 286. The third kappa shape index (κ3) is 7.13. The smallest absolute Gasteiger partial charge is 0.237 e. The summed E-state index contributed by atoms with van der Waals surface area (Å²) in [5.74, 6) is 0.234. The third-order valence-corrected chi connectivity index (χ3v) is 3.91. The van der Waals surface area contributed by atoms with Crippen molar-refractivity contribution in [2.45, 2.75) is 18.9 Å². The lowest BCUT2D eigenvalue weighted by molar-refractivity contribution is -0.124. The van der Waals surface area contributed by atoms with Crippen LogP contribution >= 0.6 is 24.8 Å². The summed E-state index contributed by atoms with van der Waals surface area (Å²) in [6.07, 6.45) is 1.77. The lowest BCUT2D eigenvalue weighted by atomic mass is 9.92. The van der Waals surface area contributed by atoms with Crippen molar-refractivity contribution in [2.24, 2.45) is 11.7 Å². The molecule has 0 spiro atoms. The molecule has 6 nitrogen and oxygen atoms in total. The lowest BCUT2D eigenvalue weighted by Gasteiger charge is -2.28. The van der Waals surface area contributed by atoms with E-state index in [0.29, 0.717) is 6.54 Å². The number of hydrogen-bond donors (Lipinski definition) is 2. The number of halogens is 2. The van der Waals surface area contributed by atoms with Gasteiger partial charge in [-0.1, -0.05) is 0 Å². The van der Waals surface area contributed by atoms with Gasteiger partial charge in [-0.3, -0.25) is 9.69 Å². The molecule has 1 amide bonds. The van der Waals surface area contributed by atoms with Crippen molar-refractivity contribution in [3.05, 3.63) is 0 Å². The maximum atomic E-state index is 12.0. The van der Waals surface area contributed by atoms with Gasteiger partial charge in [0.15, 0.2) is 0 Å². The number of nitrogens with one attached hydrogen (secondary N) is 1. The summed E-state index contributed by atoms with van der Waals surface area (Å²) >= 11 is 0. The van der Waals surface area contributed by atoms with Gasteiger partial charge >= 0.3 is 0 Å². The van der Waals surface area contributed by atoms with Gasteiger partial charge in [0, 0.05) is 39.4 Å². The van der Waals surface area contributed by atoms with Crippen molar-refractivity contribution in [2.75, 3.05) is 52.6 Å². The SMILES string of the molecule is Cl.Cl.NC(C(=O)NCCN1CCOCC1)C1CCOCC1. The first-order valence-corrected chi connectivity index (χ1v) is 7.18.